The van der Waals surface area contributed by atoms with Gasteiger partial charge in [-0.15, -0.1) is 0 Å². The van der Waals surface area contributed by atoms with Crippen molar-refractivity contribution in [2.75, 3.05) is 6.61 Å². The highest BCUT2D eigenvalue weighted by Crippen LogP contribution is 2.11. The molecule has 1 heterocycles. The van der Waals surface area contributed by atoms with E-state index in [0.717, 1.165) is 0 Å². The summed E-state index contributed by atoms with van der Waals surface area (Å²) >= 11 is 0. The van der Waals surface area contributed by atoms with Crippen molar-refractivity contribution in [3.8, 4) is 5.88 Å². The Hall–Kier alpha value is -1.79. The highest BCUT2D eigenvalue weighted by Gasteiger charge is 2.11. The lowest BCUT2D eigenvalue weighted by molar-refractivity contribution is 0.0792. The molecule has 0 unspecified atom stereocenters. The molecule has 0 aliphatic carbocycles. The van der Waals surface area contributed by atoms with E-state index in [9.17, 15) is 8.78 Å². The number of nitrogen functional groups attached to an aromatic ring is 1. The minimum atomic E-state index is -2.60. The van der Waals surface area contributed by atoms with Crippen LogP contribution in [0.5, 0.6) is 5.88 Å². The van der Waals surface area contributed by atoms with Gasteiger partial charge in [0.1, 0.15) is 5.84 Å². The Balaban J connectivity index is 2.79. The second-order valence-electron chi connectivity index (χ2n) is 2.33. The number of nitrogens with zero attached hydrogens (tertiary/aromatic N) is 2. The zero-order valence-corrected chi connectivity index (χ0v) is 7.08. The van der Waals surface area contributed by atoms with E-state index in [2.05, 4.69) is 14.7 Å². The number of nitrogens with two attached hydrogens (primary N) is 1. The summed E-state index contributed by atoms with van der Waals surface area (Å²) in [6, 6.07) is 0. The first-order valence-corrected chi connectivity index (χ1v) is 3.67. The smallest absolute Gasteiger partial charge is 0.272 e. The number of hydrogen-bond donors (Lipinski definition) is 2. The van der Waals surface area contributed by atoms with Crippen LogP contribution in [0.2, 0.25) is 0 Å². The highest BCUT2D eigenvalue weighted by molar-refractivity contribution is 5.94. The second kappa shape index (κ2) is 4.45. The van der Waals surface area contributed by atoms with Gasteiger partial charge in [-0.25, -0.2) is 18.7 Å². The Morgan fingerprint density at radius 1 is 1.50 bits per heavy atom. The molecule has 14 heavy (non-hydrogen) atoms. The Kier molecular flexibility index (Phi) is 3.27. The van der Waals surface area contributed by atoms with Crippen molar-refractivity contribution in [1.82, 2.24) is 9.97 Å². The standard InChI is InChI=1S/C7H8F2N4O/c8-4(9)3-14-7-5(6(10)11)12-1-2-13-7/h1-2,4H,3H2,(H3,10,11). The molecule has 1 aromatic heterocycles. The van der Waals surface area contributed by atoms with E-state index in [4.69, 9.17) is 11.1 Å². The van der Waals surface area contributed by atoms with Gasteiger partial charge >= 0.3 is 0 Å². The first kappa shape index (κ1) is 10.3. The largest absolute Gasteiger partial charge is 0.470 e. The van der Waals surface area contributed by atoms with Crippen molar-refractivity contribution in [2.24, 2.45) is 5.73 Å². The molecule has 0 bridgehead atoms. The van der Waals surface area contributed by atoms with Crippen LogP contribution in [-0.4, -0.2) is 28.8 Å². The van der Waals surface area contributed by atoms with E-state index < -0.39 is 13.0 Å². The lowest BCUT2D eigenvalue weighted by atomic mass is 10.4. The van der Waals surface area contributed by atoms with E-state index >= 15 is 0 Å². The number of aromatic nitrogens is 2. The number of hydrogen-bond acceptors (Lipinski definition) is 4. The molecule has 0 aliphatic heterocycles. The van der Waals surface area contributed by atoms with Crippen LogP contribution in [0.1, 0.15) is 5.69 Å². The van der Waals surface area contributed by atoms with Crippen molar-refractivity contribution >= 4 is 5.84 Å². The number of alkyl halides is 2. The molecule has 0 fully saturated rings. The Labute approximate surface area is 78.4 Å². The first-order chi connectivity index (χ1) is 6.61. The van der Waals surface area contributed by atoms with Crippen LogP contribution in [0, 0.1) is 5.41 Å². The minimum Gasteiger partial charge on any atom is -0.470 e. The summed E-state index contributed by atoms with van der Waals surface area (Å²) < 4.78 is 28.2. The predicted molar refractivity (Wildman–Crippen MR) is 44.5 cm³/mol. The van der Waals surface area contributed by atoms with Gasteiger partial charge in [-0.1, -0.05) is 0 Å². The quantitative estimate of drug-likeness (QED) is 0.546. The van der Waals surface area contributed by atoms with Crippen molar-refractivity contribution in [1.29, 1.82) is 5.41 Å². The third-order valence-electron chi connectivity index (χ3n) is 1.27. The maximum atomic E-state index is 11.8. The third kappa shape index (κ3) is 2.61. The number of amidine groups is 1. The summed E-state index contributed by atoms with van der Waals surface area (Å²) in [7, 11) is 0. The van der Waals surface area contributed by atoms with Gasteiger partial charge in [0.15, 0.2) is 12.3 Å². The van der Waals surface area contributed by atoms with Crippen LogP contribution < -0.4 is 10.5 Å². The minimum absolute atomic E-state index is 0.0341. The fourth-order valence-electron chi connectivity index (χ4n) is 0.758. The van der Waals surface area contributed by atoms with Gasteiger partial charge in [0, 0.05) is 12.4 Å². The number of ether oxygens (including phenoxy) is 1. The summed E-state index contributed by atoms with van der Waals surface area (Å²) in [5.41, 5.74) is 5.10. The molecule has 5 nitrogen and oxygen atoms in total. The molecule has 3 N–H and O–H groups in total. The molecular formula is C7H8F2N4O. The molecule has 7 heteroatoms. The van der Waals surface area contributed by atoms with Crippen molar-refractivity contribution < 1.29 is 13.5 Å². The molecule has 0 amide bonds. The molecule has 0 saturated carbocycles. The summed E-state index contributed by atoms with van der Waals surface area (Å²) in [5, 5.41) is 7.07. The van der Waals surface area contributed by atoms with Crippen LogP contribution in [0.15, 0.2) is 12.4 Å². The predicted octanol–water partition coefficient (Wildman–Crippen LogP) is 0.405. The third-order valence-corrected chi connectivity index (χ3v) is 1.27. The van der Waals surface area contributed by atoms with E-state index in [1.807, 2.05) is 0 Å². The van der Waals surface area contributed by atoms with E-state index in [0.29, 0.717) is 0 Å². The van der Waals surface area contributed by atoms with Crippen molar-refractivity contribution in [3.63, 3.8) is 0 Å². The van der Waals surface area contributed by atoms with Crippen LogP contribution in [0.3, 0.4) is 0 Å². The van der Waals surface area contributed by atoms with Gasteiger partial charge < -0.3 is 10.5 Å². The second-order valence-corrected chi connectivity index (χ2v) is 2.33. The van der Waals surface area contributed by atoms with Crippen molar-refractivity contribution in [3.05, 3.63) is 18.1 Å². The summed E-state index contributed by atoms with van der Waals surface area (Å²) in [6.45, 7) is -0.793. The number of nitrogens with one attached hydrogen (secondary N) is 1. The first-order valence-electron chi connectivity index (χ1n) is 3.67. The molecule has 76 valence electrons. The maximum Gasteiger partial charge on any atom is 0.272 e. The fraction of sp³-hybridized carbons (Fsp3) is 0.286. The summed E-state index contributed by atoms with van der Waals surface area (Å²) in [4.78, 5) is 7.31. The molecule has 0 saturated heterocycles. The molecule has 1 rings (SSSR count). The number of rotatable bonds is 4. The van der Waals surface area contributed by atoms with Crippen LogP contribution >= 0.6 is 0 Å². The Morgan fingerprint density at radius 3 is 2.71 bits per heavy atom. The molecule has 0 radical (unpaired) electrons. The molecule has 0 aromatic carbocycles. The Bertz CT molecular complexity index is 331. The van der Waals surface area contributed by atoms with Gasteiger partial charge in [-0.05, 0) is 0 Å². The van der Waals surface area contributed by atoms with Gasteiger partial charge in [0.05, 0.1) is 0 Å². The van der Waals surface area contributed by atoms with Gasteiger partial charge in [-0.2, -0.15) is 0 Å². The highest BCUT2D eigenvalue weighted by atomic mass is 19.3. The lowest BCUT2D eigenvalue weighted by Gasteiger charge is -2.06. The van der Waals surface area contributed by atoms with Gasteiger partial charge in [0.25, 0.3) is 6.43 Å². The normalized spacial score (nSPS) is 10.2. The molecule has 1 aromatic rings. The average molecular weight is 202 g/mol. The molecular weight excluding hydrogens is 194 g/mol. The summed E-state index contributed by atoms with van der Waals surface area (Å²) in [6.07, 6.45) is -0.0315. The van der Waals surface area contributed by atoms with E-state index in [-0.39, 0.29) is 17.4 Å². The van der Waals surface area contributed by atoms with Crippen molar-refractivity contribution in [2.45, 2.75) is 6.43 Å². The topological polar surface area (TPSA) is 84.9 Å². The van der Waals surface area contributed by atoms with Gasteiger partial charge in [0.2, 0.25) is 5.88 Å². The molecule has 0 atom stereocenters. The van der Waals surface area contributed by atoms with E-state index in [1.165, 1.54) is 12.4 Å². The molecule has 0 spiro atoms. The van der Waals surface area contributed by atoms with Crippen LogP contribution in [0.25, 0.3) is 0 Å². The van der Waals surface area contributed by atoms with Crippen LogP contribution in [-0.2, 0) is 0 Å². The molecule has 0 aliphatic rings. The summed E-state index contributed by atoms with van der Waals surface area (Å²) in [5.74, 6) is -0.525. The fourth-order valence-corrected chi connectivity index (χ4v) is 0.758. The zero-order valence-electron chi connectivity index (χ0n) is 7.08. The Morgan fingerprint density at radius 2 is 2.14 bits per heavy atom. The average Bonchev–Trinajstić information content (AvgIpc) is 2.15. The van der Waals surface area contributed by atoms with Gasteiger partial charge in [-0.3, -0.25) is 5.41 Å². The van der Waals surface area contributed by atoms with Crippen LogP contribution in [0.4, 0.5) is 8.78 Å². The number of halogens is 2. The SMILES string of the molecule is N=C(N)c1nccnc1OCC(F)F. The lowest BCUT2D eigenvalue weighted by Crippen LogP contribution is -2.17. The zero-order chi connectivity index (χ0) is 10.6. The maximum absolute atomic E-state index is 11.8. The van der Waals surface area contributed by atoms with E-state index in [1.54, 1.807) is 0 Å². The monoisotopic (exact) mass is 202 g/mol.